The first-order valence-corrected chi connectivity index (χ1v) is 6.99. The number of benzene rings is 1. The second kappa shape index (κ2) is 6.01. The fourth-order valence-corrected chi connectivity index (χ4v) is 2.39. The Morgan fingerprint density at radius 3 is 2.55 bits per heavy atom. The first-order valence-electron chi connectivity index (χ1n) is 6.58. The van der Waals surface area contributed by atoms with Gasteiger partial charge in [0, 0.05) is 5.69 Å². The molecule has 3 nitrogen and oxygen atoms in total. The van der Waals surface area contributed by atoms with E-state index in [0.29, 0.717) is 4.99 Å². The van der Waals surface area contributed by atoms with Gasteiger partial charge in [-0.3, -0.25) is 0 Å². The summed E-state index contributed by atoms with van der Waals surface area (Å²) in [6, 6.07) is 12.3. The molecule has 0 aliphatic carbocycles. The number of nitrogens with one attached hydrogen (secondary N) is 1. The van der Waals surface area contributed by atoms with Crippen molar-refractivity contribution in [1.82, 2.24) is 4.98 Å². The second-order valence-corrected chi connectivity index (χ2v) is 5.38. The van der Waals surface area contributed by atoms with Crippen molar-refractivity contribution in [2.75, 3.05) is 5.32 Å². The topological polar surface area (TPSA) is 50.9 Å². The zero-order chi connectivity index (χ0) is 14.7. The Labute approximate surface area is 125 Å². The highest BCUT2D eigenvalue weighted by atomic mass is 32.1. The molecule has 1 heterocycles. The van der Waals surface area contributed by atoms with Crippen LogP contribution >= 0.6 is 12.2 Å². The summed E-state index contributed by atoms with van der Waals surface area (Å²) >= 11 is 5.09. The Kier molecular flexibility index (Phi) is 4.35. The molecular weight excluding hydrogens is 266 g/mol. The SMILES string of the molecule is Cc1ccc(C(N)=S)c(NC(C)c2ccccc2C)n1. The minimum Gasteiger partial charge on any atom is -0.389 e. The van der Waals surface area contributed by atoms with E-state index in [2.05, 4.69) is 36.3 Å². The van der Waals surface area contributed by atoms with Crippen LogP contribution in [-0.4, -0.2) is 9.97 Å². The Hall–Kier alpha value is -1.94. The van der Waals surface area contributed by atoms with Crippen LogP contribution in [0, 0.1) is 13.8 Å². The number of hydrogen-bond donors (Lipinski definition) is 2. The Morgan fingerprint density at radius 2 is 1.90 bits per heavy atom. The summed E-state index contributed by atoms with van der Waals surface area (Å²) in [7, 11) is 0. The molecule has 0 amide bonds. The van der Waals surface area contributed by atoms with Crippen LogP contribution in [0.15, 0.2) is 36.4 Å². The fourth-order valence-electron chi connectivity index (χ4n) is 2.22. The molecule has 1 atom stereocenters. The maximum Gasteiger partial charge on any atom is 0.136 e. The van der Waals surface area contributed by atoms with E-state index in [1.54, 1.807) is 0 Å². The average molecular weight is 285 g/mol. The predicted molar refractivity (Wildman–Crippen MR) is 88.1 cm³/mol. The normalized spacial score (nSPS) is 11.9. The molecule has 0 bridgehead atoms. The van der Waals surface area contributed by atoms with Gasteiger partial charge < -0.3 is 11.1 Å². The molecule has 0 radical (unpaired) electrons. The Bertz CT molecular complexity index is 637. The van der Waals surface area contributed by atoms with Crippen LogP contribution in [-0.2, 0) is 0 Å². The molecule has 0 aliphatic heterocycles. The number of aryl methyl sites for hydroxylation is 2. The van der Waals surface area contributed by atoms with Crippen molar-refractivity contribution in [3.8, 4) is 0 Å². The number of thiocarbonyl (C=S) groups is 1. The lowest BCUT2D eigenvalue weighted by atomic mass is 10.0. The molecular formula is C16H19N3S. The van der Waals surface area contributed by atoms with E-state index in [-0.39, 0.29) is 6.04 Å². The summed E-state index contributed by atoms with van der Waals surface area (Å²) in [6.45, 7) is 6.16. The molecule has 4 heteroatoms. The highest BCUT2D eigenvalue weighted by Crippen LogP contribution is 2.23. The lowest BCUT2D eigenvalue weighted by Gasteiger charge is -2.19. The summed E-state index contributed by atoms with van der Waals surface area (Å²) in [5, 5.41) is 3.41. The molecule has 1 aromatic carbocycles. The Balaban J connectivity index is 2.32. The molecule has 0 aliphatic rings. The number of pyridine rings is 1. The monoisotopic (exact) mass is 285 g/mol. The third-order valence-electron chi connectivity index (χ3n) is 3.31. The molecule has 104 valence electrons. The zero-order valence-corrected chi connectivity index (χ0v) is 12.8. The third kappa shape index (κ3) is 3.14. The van der Waals surface area contributed by atoms with Gasteiger partial charge in [-0.2, -0.15) is 0 Å². The molecule has 2 rings (SSSR count). The van der Waals surface area contributed by atoms with E-state index >= 15 is 0 Å². The van der Waals surface area contributed by atoms with Gasteiger partial charge in [-0.25, -0.2) is 4.98 Å². The number of nitrogens with two attached hydrogens (primary N) is 1. The van der Waals surface area contributed by atoms with Gasteiger partial charge in [-0.05, 0) is 44.0 Å². The number of anilines is 1. The van der Waals surface area contributed by atoms with Crippen LogP contribution in [0.4, 0.5) is 5.82 Å². The van der Waals surface area contributed by atoms with Gasteiger partial charge in [-0.1, -0.05) is 36.5 Å². The van der Waals surface area contributed by atoms with Gasteiger partial charge in [-0.15, -0.1) is 0 Å². The summed E-state index contributed by atoms with van der Waals surface area (Å²) < 4.78 is 0. The van der Waals surface area contributed by atoms with Gasteiger partial charge in [0.25, 0.3) is 0 Å². The van der Waals surface area contributed by atoms with Crippen molar-refractivity contribution in [2.24, 2.45) is 5.73 Å². The van der Waals surface area contributed by atoms with Crippen molar-refractivity contribution >= 4 is 23.0 Å². The van der Waals surface area contributed by atoms with Crippen LogP contribution in [0.25, 0.3) is 0 Å². The van der Waals surface area contributed by atoms with Crippen molar-refractivity contribution in [3.63, 3.8) is 0 Å². The zero-order valence-electron chi connectivity index (χ0n) is 12.0. The summed E-state index contributed by atoms with van der Waals surface area (Å²) in [5.74, 6) is 0.744. The highest BCUT2D eigenvalue weighted by molar-refractivity contribution is 7.80. The lowest BCUT2D eigenvalue weighted by molar-refractivity contribution is 0.862. The van der Waals surface area contributed by atoms with Gasteiger partial charge in [0.15, 0.2) is 0 Å². The molecule has 0 spiro atoms. The standard InChI is InChI=1S/C16H19N3S/c1-10-6-4-5-7-13(10)12(3)19-16-14(15(17)20)9-8-11(2)18-16/h4-9,12H,1-3H3,(H2,17,20)(H,18,19). The van der Waals surface area contributed by atoms with Gasteiger partial charge in [0.05, 0.1) is 11.6 Å². The lowest BCUT2D eigenvalue weighted by Crippen LogP contribution is -2.17. The summed E-state index contributed by atoms with van der Waals surface area (Å²) in [4.78, 5) is 4.87. The van der Waals surface area contributed by atoms with E-state index in [4.69, 9.17) is 18.0 Å². The van der Waals surface area contributed by atoms with E-state index in [1.807, 2.05) is 31.2 Å². The van der Waals surface area contributed by atoms with E-state index in [0.717, 1.165) is 17.1 Å². The number of aromatic nitrogens is 1. The molecule has 0 fully saturated rings. The van der Waals surface area contributed by atoms with Crippen LogP contribution in [0.1, 0.15) is 35.3 Å². The van der Waals surface area contributed by atoms with Crippen LogP contribution in [0.5, 0.6) is 0 Å². The van der Waals surface area contributed by atoms with E-state index in [9.17, 15) is 0 Å². The van der Waals surface area contributed by atoms with Crippen LogP contribution in [0.2, 0.25) is 0 Å². The predicted octanol–water partition coefficient (Wildman–Crippen LogP) is 3.51. The molecule has 1 unspecified atom stereocenters. The smallest absolute Gasteiger partial charge is 0.136 e. The second-order valence-electron chi connectivity index (χ2n) is 4.94. The summed E-state index contributed by atoms with van der Waals surface area (Å²) in [6.07, 6.45) is 0. The van der Waals surface area contributed by atoms with Crippen LogP contribution < -0.4 is 11.1 Å². The number of rotatable bonds is 4. The molecule has 0 saturated carbocycles. The number of nitrogens with zero attached hydrogens (tertiary/aromatic N) is 1. The minimum atomic E-state index is 0.138. The van der Waals surface area contributed by atoms with Gasteiger partial charge in [0.1, 0.15) is 10.8 Å². The molecule has 20 heavy (non-hydrogen) atoms. The Morgan fingerprint density at radius 1 is 1.20 bits per heavy atom. The quantitative estimate of drug-likeness (QED) is 0.844. The van der Waals surface area contributed by atoms with Crippen molar-refractivity contribution in [1.29, 1.82) is 0 Å². The number of hydrogen-bond acceptors (Lipinski definition) is 3. The molecule has 2 aromatic rings. The van der Waals surface area contributed by atoms with Gasteiger partial charge >= 0.3 is 0 Å². The summed E-state index contributed by atoms with van der Waals surface area (Å²) in [5.41, 5.74) is 9.97. The van der Waals surface area contributed by atoms with Crippen molar-refractivity contribution < 1.29 is 0 Å². The molecule has 1 aromatic heterocycles. The maximum absolute atomic E-state index is 5.76. The minimum absolute atomic E-state index is 0.138. The third-order valence-corrected chi connectivity index (χ3v) is 3.53. The first-order chi connectivity index (χ1) is 9.49. The van der Waals surface area contributed by atoms with E-state index < -0.39 is 0 Å². The van der Waals surface area contributed by atoms with Gasteiger partial charge in [0.2, 0.25) is 0 Å². The maximum atomic E-state index is 5.76. The van der Waals surface area contributed by atoms with Crippen molar-refractivity contribution in [3.05, 3.63) is 58.8 Å². The average Bonchev–Trinajstić information content (AvgIpc) is 2.38. The fraction of sp³-hybridized carbons (Fsp3) is 0.250. The first kappa shape index (κ1) is 14.5. The molecule has 0 saturated heterocycles. The highest BCUT2D eigenvalue weighted by Gasteiger charge is 2.12. The van der Waals surface area contributed by atoms with Crippen molar-refractivity contribution in [2.45, 2.75) is 26.8 Å². The largest absolute Gasteiger partial charge is 0.389 e. The van der Waals surface area contributed by atoms with E-state index in [1.165, 1.54) is 11.1 Å². The van der Waals surface area contributed by atoms with Crippen LogP contribution in [0.3, 0.4) is 0 Å². The molecule has 3 N–H and O–H groups in total.